The number of nitrogens with one attached hydrogen (secondary N) is 2. The molecule has 0 unspecified atom stereocenters. The highest BCUT2D eigenvalue weighted by molar-refractivity contribution is 6.04. The van der Waals surface area contributed by atoms with E-state index in [1.165, 1.54) is 17.7 Å². The van der Waals surface area contributed by atoms with Crippen molar-refractivity contribution < 1.29 is 9.18 Å². The first kappa shape index (κ1) is 12.7. The minimum atomic E-state index is -0.513. The van der Waals surface area contributed by atoms with Gasteiger partial charge in [0.05, 0.1) is 5.56 Å². The average Bonchev–Trinajstić information content (AvgIpc) is 2.47. The molecule has 4 heteroatoms. The lowest BCUT2D eigenvalue weighted by atomic mass is 10.0. The third-order valence-electron chi connectivity index (χ3n) is 3.42. The lowest BCUT2D eigenvalue weighted by molar-refractivity contribution is 0.102. The van der Waals surface area contributed by atoms with Gasteiger partial charge in [-0.25, -0.2) is 4.39 Å². The van der Waals surface area contributed by atoms with Crippen molar-refractivity contribution in [1.29, 1.82) is 0 Å². The van der Waals surface area contributed by atoms with Gasteiger partial charge in [0.15, 0.2) is 0 Å². The molecule has 0 atom stereocenters. The van der Waals surface area contributed by atoms with Gasteiger partial charge in [-0.05, 0) is 42.7 Å². The van der Waals surface area contributed by atoms with Crippen LogP contribution in [0.4, 0.5) is 15.8 Å². The van der Waals surface area contributed by atoms with Gasteiger partial charge in [0, 0.05) is 17.9 Å². The second-order valence-corrected chi connectivity index (χ2v) is 4.84. The third-order valence-corrected chi connectivity index (χ3v) is 3.42. The van der Waals surface area contributed by atoms with Crippen molar-refractivity contribution in [1.82, 2.24) is 0 Å². The summed E-state index contributed by atoms with van der Waals surface area (Å²) in [6, 6.07) is 11.7. The zero-order valence-electron chi connectivity index (χ0n) is 10.9. The van der Waals surface area contributed by atoms with Crippen molar-refractivity contribution in [3.05, 3.63) is 59.4 Å². The van der Waals surface area contributed by atoms with Crippen molar-refractivity contribution in [2.45, 2.75) is 12.8 Å². The summed E-state index contributed by atoms with van der Waals surface area (Å²) in [7, 11) is 0. The van der Waals surface area contributed by atoms with Gasteiger partial charge in [-0.1, -0.05) is 18.2 Å². The minimum Gasteiger partial charge on any atom is -0.385 e. The Morgan fingerprint density at radius 3 is 2.90 bits per heavy atom. The predicted octanol–water partition coefficient (Wildman–Crippen LogP) is 3.44. The average molecular weight is 270 g/mol. The van der Waals surface area contributed by atoms with Crippen molar-refractivity contribution >= 4 is 17.3 Å². The first-order valence-electron chi connectivity index (χ1n) is 6.67. The predicted molar refractivity (Wildman–Crippen MR) is 77.6 cm³/mol. The number of benzene rings is 2. The number of fused-ring (bicyclic) bond motifs is 1. The van der Waals surface area contributed by atoms with Crippen LogP contribution in [0.1, 0.15) is 22.3 Å². The maximum atomic E-state index is 13.5. The summed E-state index contributed by atoms with van der Waals surface area (Å²) in [5.41, 5.74) is 3.02. The maximum Gasteiger partial charge on any atom is 0.258 e. The molecule has 102 valence electrons. The molecule has 2 aromatic carbocycles. The number of carbonyl (C=O) groups excluding carboxylic acids is 1. The van der Waals surface area contributed by atoms with E-state index in [0.29, 0.717) is 5.69 Å². The fourth-order valence-corrected chi connectivity index (χ4v) is 2.38. The van der Waals surface area contributed by atoms with Gasteiger partial charge < -0.3 is 10.6 Å². The first-order chi connectivity index (χ1) is 9.74. The summed E-state index contributed by atoms with van der Waals surface area (Å²) >= 11 is 0. The van der Waals surface area contributed by atoms with Gasteiger partial charge >= 0.3 is 0 Å². The molecule has 0 saturated carbocycles. The molecule has 0 radical (unpaired) electrons. The number of anilines is 2. The van der Waals surface area contributed by atoms with Gasteiger partial charge in [-0.2, -0.15) is 0 Å². The fraction of sp³-hybridized carbons (Fsp3) is 0.188. The van der Waals surface area contributed by atoms with Crippen LogP contribution >= 0.6 is 0 Å². The lowest BCUT2D eigenvalue weighted by Crippen LogP contribution is -2.15. The van der Waals surface area contributed by atoms with Crippen LogP contribution in [-0.2, 0) is 6.42 Å². The molecule has 2 N–H and O–H groups in total. The highest BCUT2D eigenvalue weighted by Gasteiger charge is 2.13. The Hall–Kier alpha value is -2.36. The monoisotopic (exact) mass is 270 g/mol. The Balaban J connectivity index is 1.81. The van der Waals surface area contributed by atoms with E-state index in [4.69, 9.17) is 0 Å². The number of hydrogen-bond acceptors (Lipinski definition) is 2. The molecule has 0 saturated heterocycles. The minimum absolute atomic E-state index is 0.0539. The van der Waals surface area contributed by atoms with E-state index in [2.05, 4.69) is 10.6 Å². The Morgan fingerprint density at radius 1 is 1.20 bits per heavy atom. The van der Waals surface area contributed by atoms with Gasteiger partial charge in [0.2, 0.25) is 0 Å². The van der Waals surface area contributed by atoms with Crippen LogP contribution in [0.3, 0.4) is 0 Å². The lowest BCUT2D eigenvalue weighted by Gasteiger charge is -2.18. The molecule has 0 aliphatic carbocycles. The van der Waals surface area contributed by atoms with Crippen LogP contribution in [0.25, 0.3) is 0 Å². The summed E-state index contributed by atoms with van der Waals surface area (Å²) in [6.45, 7) is 0.942. The van der Waals surface area contributed by atoms with E-state index >= 15 is 0 Å². The summed E-state index contributed by atoms with van der Waals surface area (Å²) in [5.74, 6) is -0.944. The van der Waals surface area contributed by atoms with E-state index in [1.807, 2.05) is 18.2 Å². The van der Waals surface area contributed by atoms with E-state index in [0.717, 1.165) is 25.1 Å². The fourth-order valence-electron chi connectivity index (χ4n) is 2.38. The highest BCUT2D eigenvalue weighted by Crippen LogP contribution is 2.25. The highest BCUT2D eigenvalue weighted by atomic mass is 19.1. The second-order valence-electron chi connectivity index (χ2n) is 4.84. The standard InChI is InChI=1S/C16H15FN2O/c17-14-6-2-1-5-13(14)16(20)19-12-8-7-11-4-3-9-18-15(11)10-12/h1-2,5-8,10,18H,3-4,9H2,(H,19,20). The molecule has 0 spiro atoms. The molecular formula is C16H15FN2O. The van der Waals surface area contributed by atoms with Crippen LogP contribution < -0.4 is 10.6 Å². The van der Waals surface area contributed by atoms with Crippen LogP contribution in [0.15, 0.2) is 42.5 Å². The normalized spacial score (nSPS) is 13.2. The second kappa shape index (κ2) is 5.33. The van der Waals surface area contributed by atoms with E-state index < -0.39 is 11.7 Å². The SMILES string of the molecule is O=C(Nc1ccc2c(c1)NCCC2)c1ccccc1F. The molecule has 1 aliphatic rings. The number of hydrogen-bond donors (Lipinski definition) is 2. The molecule has 20 heavy (non-hydrogen) atoms. The molecule has 3 nitrogen and oxygen atoms in total. The molecule has 1 amide bonds. The Kier molecular flexibility index (Phi) is 3.37. The van der Waals surface area contributed by atoms with E-state index in [1.54, 1.807) is 12.1 Å². The topological polar surface area (TPSA) is 41.1 Å². The number of carbonyl (C=O) groups is 1. The van der Waals surface area contributed by atoms with Gasteiger partial charge in [0.25, 0.3) is 5.91 Å². The Bertz CT molecular complexity index is 655. The van der Waals surface area contributed by atoms with Crippen LogP contribution in [-0.4, -0.2) is 12.5 Å². The zero-order chi connectivity index (χ0) is 13.9. The first-order valence-corrected chi connectivity index (χ1v) is 6.67. The third kappa shape index (κ3) is 2.50. The number of amides is 1. The molecule has 0 aromatic heterocycles. The molecule has 2 aromatic rings. The van der Waals surface area contributed by atoms with Gasteiger partial charge in [0.1, 0.15) is 5.82 Å². The van der Waals surface area contributed by atoms with Crippen molar-refractivity contribution in [2.75, 3.05) is 17.2 Å². The molecule has 1 aliphatic heterocycles. The molecule has 3 rings (SSSR count). The Labute approximate surface area is 116 Å². The quantitative estimate of drug-likeness (QED) is 0.877. The van der Waals surface area contributed by atoms with Crippen molar-refractivity contribution in [3.8, 4) is 0 Å². The van der Waals surface area contributed by atoms with Crippen LogP contribution in [0, 0.1) is 5.82 Å². The Morgan fingerprint density at radius 2 is 2.05 bits per heavy atom. The summed E-state index contributed by atoms with van der Waals surface area (Å²) in [5, 5.41) is 6.03. The summed E-state index contributed by atoms with van der Waals surface area (Å²) in [4.78, 5) is 12.0. The van der Waals surface area contributed by atoms with Gasteiger partial charge in [-0.3, -0.25) is 4.79 Å². The largest absolute Gasteiger partial charge is 0.385 e. The number of rotatable bonds is 2. The number of halogens is 1. The van der Waals surface area contributed by atoms with Crippen LogP contribution in [0.5, 0.6) is 0 Å². The van der Waals surface area contributed by atoms with Crippen molar-refractivity contribution in [2.24, 2.45) is 0 Å². The smallest absolute Gasteiger partial charge is 0.258 e. The van der Waals surface area contributed by atoms with E-state index in [9.17, 15) is 9.18 Å². The molecule has 1 heterocycles. The molecule has 0 fully saturated rings. The van der Waals surface area contributed by atoms with Gasteiger partial charge in [-0.15, -0.1) is 0 Å². The van der Waals surface area contributed by atoms with E-state index in [-0.39, 0.29) is 5.56 Å². The maximum absolute atomic E-state index is 13.5. The van der Waals surface area contributed by atoms with Crippen LogP contribution in [0.2, 0.25) is 0 Å². The summed E-state index contributed by atoms with van der Waals surface area (Å²) in [6.07, 6.45) is 2.16. The summed E-state index contributed by atoms with van der Waals surface area (Å²) < 4.78 is 13.5. The zero-order valence-corrected chi connectivity index (χ0v) is 10.9. The number of aryl methyl sites for hydroxylation is 1. The molecule has 0 bridgehead atoms. The molecular weight excluding hydrogens is 255 g/mol. The van der Waals surface area contributed by atoms with Crippen molar-refractivity contribution in [3.63, 3.8) is 0 Å².